The lowest BCUT2D eigenvalue weighted by Gasteiger charge is -2.32. The Hall–Kier alpha value is -1.67. The van der Waals surface area contributed by atoms with E-state index in [9.17, 15) is 4.79 Å². The van der Waals surface area contributed by atoms with Crippen molar-refractivity contribution in [1.82, 2.24) is 9.80 Å². The van der Waals surface area contributed by atoms with Crippen LogP contribution in [0.3, 0.4) is 0 Å². The molecule has 25 heavy (non-hydrogen) atoms. The molecule has 1 aliphatic heterocycles. The Morgan fingerprint density at radius 2 is 1.88 bits per heavy atom. The number of aldehydes is 1. The van der Waals surface area contributed by atoms with E-state index in [0.717, 1.165) is 44.6 Å². The molecule has 1 saturated heterocycles. The van der Waals surface area contributed by atoms with E-state index in [4.69, 9.17) is 18.9 Å². The van der Waals surface area contributed by atoms with Crippen LogP contribution in [0.2, 0.25) is 0 Å². The lowest BCUT2D eigenvalue weighted by molar-refractivity contribution is -0.00967. The van der Waals surface area contributed by atoms with E-state index < -0.39 is 0 Å². The van der Waals surface area contributed by atoms with Gasteiger partial charge in [-0.1, -0.05) is 0 Å². The summed E-state index contributed by atoms with van der Waals surface area (Å²) in [4.78, 5) is 16.2. The third kappa shape index (κ3) is 5.97. The molecule has 0 unspecified atom stereocenters. The van der Waals surface area contributed by atoms with Gasteiger partial charge >= 0.3 is 0 Å². The molecule has 140 valence electrons. The van der Waals surface area contributed by atoms with Crippen LogP contribution in [0.1, 0.15) is 15.9 Å². The largest absolute Gasteiger partial charge is 0.493 e. The number of methoxy groups -OCH3 is 2. The van der Waals surface area contributed by atoms with Crippen LogP contribution in [-0.2, 0) is 16.0 Å². The number of nitrogens with zero attached hydrogens (tertiary/aromatic N) is 2. The fraction of sp³-hybridized carbons (Fsp3) is 0.611. The van der Waals surface area contributed by atoms with Gasteiger partial charge in [0.25, 0.3) is 0 Å². The highest BCUT2D eigenvalue weighted by atomic mass is 16.7. The highest BCUT2D eigenvalue weighted by Gasteiger charge is 2.17. The molecule has 0 N–H and O–H groups in total. The minimum atomic E-state index is 0.0400. The SMILES string of the molecule is COCCOCOc1c(C=O)cc(CN2CCN(C)CC2)cc1OC. The maximum atomic E-state index is 11.5. The zero-order chi connectivity index (χ0) is 18.1. The molecule has 2 rings (SSSR count). The fourth-order valence-corrected chi connectivity index (χ4v) is 2.73. The average Bonchev–Trinajstić information content (AvgIpc) is 2.63. The van der Waals surface area contributed by atoms with Crippen LogP contribution in [-0.4, -0.2) is 83.5 Å². The minimum absolute atomic E-state index is 0.0400. The molecule has 0 amide bonds. The van der Waals surface area contributed by atoms with Gasteiger partial charge in [0.1, 0.15) is 0 Å². The summed E-state index contributed by atoms with van der Waals surface area (Å²) >= 11 is 0. The quantitative estimate of drug-likeness (QED) is 0.357. The summed E-state index contributed by atoms with van der Waals surface area (Å²) in [5.41, 5.74) is 1.51. The first-order valence-electron chi connectivity index (χ1n) is 8.44. The molecule has 1 fully saturated rings. The number of piperazine rings is 1. The van der Waals surface area contributed by atoms with E-state index in [1.807, 2.05) is 12.1 Å². The molecule has 0 saturated carbocycles. The van der Waals surface area contributed by atoms with Crippen LogP contribution < -0.4 is 9.47 Å². The van der Waals surface area contributed by atoms with Gasteiger partial charge in [-0.05, 0) is 24.7 Å². The molecule has 0 spiro atoms. The lowest BCUT2D eigenvalue weighted by Crippen LogP contribution is -2.43. The number of carbonyl (C=O) groups excluding carboxylic acids is 1. The molecule has 1 aliphatic rings. The molecule has 0 radical (unpaired) electrons. The second-order valence-corrected chi connectivity index (χ2v) is 6.08. The Bertz CT molecular complexity index is 545. The van der Waals surface area contributed by atoms with E-state index in [2.05, 4.69) is 16.8 Å². The predicted molar refractivity (Wildman–Crippen MR) is 94.5 cm³/mol. The maximum absolute atomic E-state index is 11.5. The van der Waals surface area contributed by atoms with E-state index in [0.29, 0.717) is 30.3 Å². The van der Waals surface area contributed by atoms with Crippen molar-refractivity contribution in [3.63, 3.8) is 0 Å². The summed E-state index contributed by atoms with van der Waals surface area (Å²) in [5.74, 6) is 0.959. The smallest absolute Gasteiger partial charge is 0.189 e. The van der Waals surface area contributed by atoms with Gasteiger partial charge < -0.3 is 23.8 Å². The highest BCUT2D eigenvalue weighted by Crippen LogP contribution is 2.32. The number of hydrogen-bond acceptors (Lipinski definition) is 7. The molecule has 1 heterocycles. The molecule has 7 nitrogen and oxygen atoms in total. The molecule has 7 heteroatoms. The first kappa shape index (κ1) is 19.7. The Kier molecular flexibility index (Phi) is 8.14. The fourth-order valence-electron chi connectivity index (χ4n) is 2.73. The van der Waals surface area contributed by atoms with Crippen LogP contribution in [0.4, 0.5) is 0 Å². The van der Waals surface area contributed by atoms with Gasteiger partial charge in [-0.25, -0.2) is 0 Å². The number of carbonyl (C=O) groups is 1. The van der Waals surface area contributed by atoms with Crippen molar-refractivity contribution in [2.75, 3.05) is 67.5 Å². The van der Waals surface area contributed by atoms with Crippen molar-refractivity contribution in [3.05, 3.63) is 23.3 Å². The standard InChI is InChI=1S/C18H28N2O5/c1-19-4-6-20(7-5-19)12-15-10-16(13-21)18(17(11-15)23-3)25-14-24-9-8-22-2/h10-11,13H,4-9,12,14H2,1-3H3. The summed E-state index contributed by atoms with van der Waals surface area (Å²) in [5, 5.41) is 0. The van der Waals surface area contributed by atoms with Crippen LogP contribution in [0.5, 0.6) is 11.5 Å². The highest BCUT2D eigenvalue weighted by molar-refractivity contribution is 5.81. The first-order valence-corrected chi connectivity index (χ1v) is 8.44. The van der Waals surface area contributed by atoms with Gasteiger partial charge in [-0.15, -0.1) is 0 Å². The Morgan fingerprint density at radius 1 is 1.12 bits per heavy atom. The number of benzene rings is 1. The maximum Gasteiger partial charge on any atom is 0.189 e. The third-order valence-corrected chi connectivity index (χ3v) is 4.21. The van der Waals surface area contributed by atoms with E-state index in [1.165, 1.54) is 0 Å². The van der Waals surface area contributed by atoms with Crippen LogP contribution in [0.15, 0.2) is 12.1 Å². The molecule has 0 aromatic heterocycles. The van der Waals surface area contributed by atoms with Gasteiger partial charge in [-0.3, -0.25) is 9.69 Å². The number of rotatable bonds is 10. The summed E-state index contributed by atoms with van der Waals surface area (Å²) in [6, 6.07) is 3.79. The molecule has 1 aromatic carbocycles. The number of ether oxygens (including phenoxy) is 4. The van der Waals surface area contributed by atoms with Gasteiger partial charge in [0.05, 0.1) is 25.9 Å². The van der Waals surface area contributed by atoms with Crippen molar-refractivity contribution in [3.8, 4) is 11.5 Å². The number of hydrogen-bond donors (Lipinski definition) is 0. The topological polar surface area (TPSA) is 60.5 Å². The second-order valence-electron chi connectivity index (χ2n) is 6.08. The zero-order valence-electron chi connectivity index (χ0n) is 15.3. The van der Waals surface area contributed by atoms with Crippen molar-refractivity contribution < 1.29 is 23.7 Å². The van der Waals surface area contributed by atoms with Gasteiger partial charge in [-0.2, -0.15) is 0 Å². The van der Waals surface area contributed by atoms with E-state index >= 15 is 0 Å². The summed E-state index contributed by atoms with van der Waals surface area (Å²) in [6.45, 7) is 5.88. The molecule has 0 atom stereocenters. The second kappa shape index (κ2) is 10.4. The average molecular weight is 352 g/mol. The molecule has 0 aliphatic carbocycles. The number of likely N-dealkylation sites (N-methyl/N-ethyl adjacent to an activating group) is 1. The van der Waals surface area contributed by atoms with Crippen LogP contribution in [0, 0.1) is 0 Å². The van der Waals surface area contributed by atoms with Gasteiger partial charge in [0, 0.05) is 39.8 Å². The van der Waals surface area contributed by atoms with Gasteiger partial charge in [0.2, 0.25) is 0 Å². The lowest BCUT2D eigenvalue weighted by atomic mass is 10.1. The normalized spacial score (nSPS) is 16.0. The van der Waals surface area contributed by atoms with E-state index in [-0.39, 0.29) is 6.79 Å². The van der Waals surface area contributed by atoms with Gasteiger partial charge in [0.15, 0.2) is 24.6 Å². The summed E-state index contributed by atoms with van der Waals surface area (Å²) in [6.07, 6.45) is 0.792. The molecular weight excluding hydrogens is 324 g/mol. The molecular formula is C18H28N2O5. The van der Waals surface area contributed by atoms with Crippen molar-refractivity contribution in [2.24, 2.45) is 0 Å². The van der Waals surface area contributed by atoms with Crippen LogP contribution in [0.25, 0.3) is 0 Å². The predicted octanol–water partition coefficient (Wildman–Crippen LogP) is 1.25. The monoisotopic (exact) mass is 352 g/mol. The van der Waals surface area contributed by atoms with E-state index in [1.54, 1.807) is 14.2 Å². The third-order valence-electron chi connectivity index (χ3n) is 4.21. The Morgan fingerprint density at radius 3 is 2.52 bits per heavy atom. The van der Waals surface area contributed by atoms with Crippen molar-refractivity contribution in [2.45, 2.75) is 6.54 Å². The summed E-state index contributed by atoms with van der Waals surface area (Å²) < 4.78 is 21.2. The van der Waals surface area contributed by atoms with Crippen molar-refractivity contribution >= 4 is 6.29 Å². The molecule has 1 aromatic rings. The zero-order valence-corrected chi connectivity index (χ0v) is 15.3. The first-order chi connectivity index (χ1) is 12.2. The minimum Gasteiger partial charge on any atom is -0.493 e. The van der Waals surface area contributed by atoms with Crippen molar-refractivity contribution in [1.29, 1.82) is 0 Å². The molecule has 0 bridgehead atoms. The Balaban J connectivity index is 2.03. The van der Waals surface area contributed by atoms with Crippen LogP contribution >= 0.6 is 0 Å². The Labute approximate surface area is 149 Å². The summed E-state index contributed by atoms with van der Waals surface area (Å²) in [7, 11) is 5.31.